The van der Waals surface area contributed by atoms with Gasteiger partial charge in [0.05, 0.1) is 12.1 Å². The SMILES string of the molecule is CC.CC.CNC(C(=O)NC(CCCNC(N)=C=O)C(C)=O)C(C)C. The average Bonchev–Trinajstić information content (AvgIpc) is 2.60. The number of nitrogens with one attached hydrogen (secondary N) is 3. The van der Waals surface area contributed by atoms with Gasteiger partial charge in [0.2, 0.25) is 5.91 Å². The molecule has 25 heavy (non-hydrogen) atoms. The molecule has 0 aliphatic heterocycles. The number of rotatable bonds is 10. The molecule has 2 unspecified atom stereocenters. The van der Waals surface area contributed by atoms with Crippen LogP contribution in [-0.2, 0) is 14.4 Å². The third-order valence-corrected chi connectivity index (χ3v) is 3.16. The van der Waals surface area contributed by atoms with Crippen molar-refractivity contribution in [2.45, 2.75) is 73.4 Å². The van der Waals surface area contributed by atoms with Gasteiger partial charge < -0.3 is 21.7 Å². The van der Waals surface area contributed by atoms with E-state index in [1.807, 2.05) is 41.5 Å². The standard InChI is InChI=1S/C14H26N4O3.2C2H6/c1-9(2)13(16-4)14(21)18-11(10(3)20)6-5-7-17-12(15)8-19;2*1-2/h9,11,13,16-17H,5-7,15H2,1-4H3,(H,18,21);2*1-2H3. The van der Waals surface area contributed by atoms with Crippen LogP contribution < -0.4 is 21.7 Å². The Balaban J connectivity index is -0.00000112. The molecule has 0 aromatic rings. The van der Waals surface area contributed by atoms with Gasteiger partial charge in [0.1, 0.15) is 0 Å². The van der Waals surface area contributed by atoms with E-state index < -0.39 is 6.04 Å². The van der Waals surface area contributed by atoms with Gasteiger partial charge in [0.25, 0.3) is 0 Å². The van der Waals surface area contributed by atoms with Crippen molar-refractivity contribution >= 4 is 17.6 Å². The highest BCUT2D eigenvalue weighted by atomic mass is 16.2. The van der Waals surface area contributed by atoms with Gasteiger partial charge in [0, 0.05) is 6.54 Å². The third-order valence-electron chi connectivity index (χ3n) is 3.16. The lowest BCUT2D eigenvalue weighted by molar-refractivity contribution is -0.129. The minimum Gasteiger partial charge on any atom is -0.376 e. The number of hydrogen-bond acceptors (Lipinski definition) is 6. The van der Waals surface area contributed by atoms with Crippen LogP contribution in [0.1, 0.15) is 61.3 Å². The van der Waals surface area contributed by atoms with Crippen LogP contribution in [0.5, 0.6) is 0 Å². The molecule has 1 amide bonds. The van der Waals surface area contributed by atoms with Crippen molar-refractivity contribution in [1.29, 1.82) is 0 Å². The minimum absolute atomic E-state index is 0.0616. The van der Waals surface area contributed by atoms with Crippen molar-refractivity contribution in [2.24, 2.45) is 11.7 Å². The molecule has 5 N–H and O–H groups in total. The highest BCUT2D eigenvalue weighted by Gasteiger charge is 2.24. The first-order valence-electron chi connectivity index (χ1n) is 9.06. The Morgan fingerprint density at radius 2 is 1.64 bits per heavy atom. The molecule has 0 spiro atoms. The van der Waals surface area contributed by atoms with E-state index in [1.165, 1.54) is 12.9 Å². The first-order chi connectivity index (χ1) is 11.8. The van der Waals surface area contributed by atoms with E-state index in [4.69, 9.17) is 5.73 Å². The highest BCUT2D eigenvalue weighted by Crippen LogP contribution is 2.04. The Kier molecular flexibility index (Phi) is 20.7. The van der Waals surface area contributed by atoms with Crippen molar-refractivity contribution < 1.29 is 14.4 Å². The van der Waals surface area contributed by atoms with E-state index in [-0.39, 0.29) is 29.5 Å². The zero-order valence-electron chi connectivity index (χ0n) is 17.2. The maximum Gasteiger partial charge on any atom is 0.237 e. The number of hydrogen-bond donors (Lipinski definition) is 4. The monoisotopic (exact) mass is 358 g/mol. The van der Waals surface area contributed by atoms with E-state index in [1.54, 1.807) is 7.05 Å². The quantitative estimate of drug-likeness (QED) is 0.346. The molecule has 7 nitrogen and oxygen atoms in total. The Morgan fingerprint density at radius 1 is 1.12 bits per heavy atom. The van der Waals surface area contributed by atoms with Crippen LogP contribution in [-0.4, -0.2) is 43.3 Å². The van der Waals surface area contributed by atoms with E-state index in [9.17, 15) is 14.4 Å². The van der Waals surface area contributed by atoms with E-state index >= 15 is 0 Å². The number of Topliss-reactive ketones (excluding diaryl/α,β-unsaturated/α-hetero) is 1. The van der Waals surface area contributed by atoms with Crippen LogP contribution in [0, 0.1) is 5.92 Å². The minimum atomic E-state index is -0.532. The fourth-order valence-electron chi connectivity index (χ4n) is 1.97. The molecule has 0 saturated carbocycles. The zero-order valence-corrected chi connectivity index (χ0v) is 17.2. The van der Waals surface area contributed by atoms with Gasteiger partial charge in [-0.25, -0.2) is 4.79 Å². The van der Waals surface area contributed by atoms with E-state index in [0.29, 0.717) is 19.4 Å². The number of nitrogens with two attached hydrogens (primary N) is 1. The first-order valence-corrected chi connectivity index (χ1v) is 9.06. The lowest BCUT2D eigenvalue weighted by Crippen LogP contribution is -2.51. The van der Waals surface area contributed by atoms with Gasteiger partial charge in [0.15, 0.2) is 17.5 Å². The topological polar surface area (TPSA) is 113 Å². The molecular weight excluding hydrogens is 320 g/mol. The van der Waals surface area contributed by atoms with Crippen LogP contribution >= 0.6 is 0 Å². The molecule has 148 valence electrons. The van der Waals surface area contributed by atoms with Crippen molar-refractivity contribution in [3.63, 3.8) is 0 Å². The van der Waals surface area contributed by atoms with Crippen LogP contribution in [0.2, 0.25) is 0 Å². The highest BCUT2D eigenvalue weighted by molar-refractivity contribution is 5.89. The predicted molar refractivity (Wildman–Crippen MR) is 104 cm³/mol. The number of ketones is 1. The lowest BCUT2D eigenvalue weighted by Gasteiger charge is -2.23. The summed E-state index contributed by atoms with van der Waals surface area (Å²) in [7, 11) is 1.71. The van der Waals surface area contributed by atoms with Gasteiger partial charge in [-0.15, -0.1) is 0 Å². The molecule has 7 heteroatoms. The van der Waals surface area contributed by atoms with Gasteiger partial charge in [-0.1, -0.05) is 41.5 Å². The molecule has 0 radical (unpaired) electrons. The Labute approximate surface area is 153 Å². The number of amides is 1. The molecule has 0 aliphatic rings. The van der Waals surface area contributed by atoms with Crippen molar-refractivity contribution in [2.75, 3.05) is 13.6 Å². The third kappa shape index (κ3) is 14.2. The number of likely N-dealkylation sites (N-methyl/N-ethyl adjacent to an activating group) is 1. The van der Waals surface area contributed by atoms with Crippen molar-refractivity contribution in [3.05, 3.63) is 5.82 Å². The van der Waals surface area contributed by atoms with Crippen LogP contribution in [0.15, 0.2) is 5.82 Å². The Hall–Kier alpha value is -1.85. The largest absolute Gasteiger partial charge is 0.376 e. The fourth-order valence-corrected chi connectivity index (χ4v) is 1.97. The Morgan fingerprint density at radius 3 is 2.00 bits per heavy atom. The summed E-state index contributed by atoms with van der Waals surface area (Å²) in [4.78, 5) is 33.9. The maximum absolute atomic E-state index is 12.1. The van der Waals surface area contributed by atoms with Crippen molar-refractivity contribution in [1.82, 2.24) is 16.0 Å². The second-order valence-electron chi connectivity index (χ2n) is 5.27. The smallest absolute Gasteiger partial charge is 0.237 e. The predicted octanol–water partition coefficient (Wildman–Crippen LogP) is 1.36. The summed E-state index contributed by atoms with van der Waals surface area (Å²) in [6.07, 6.45) is 1.08. The van der Waals surface area contributed by atoms with Crippen LogP contribution in [0.25, 0.3) is 0 Å². The molecule has 0 heterocycles. The summed E-state index contributed by atoms with van der Waals surface area (Å²) in [5, 5.41) is 8.36. The van der Waals surface area contributed by atoms with Crippen LogP contribution in [0.3, 0.4) is 0 Å². The molecule has 0 saturated heterocycles. The molecule has 0 bridgehead atoms. The van der Waals surface area contributed by atoms with E-state index in [0.717, 1.165) is 0 Å². The summed E-state index contributed by atoms with van der Waals surface area (Å²) in [6.45, 7) is 13.8. The van der Waals surface area contributed by atoms with Gasteiger partial charge in [-0.3, -0.25) is 9.59 Å². The summed E-state index contributed by atoms with van der Waals surface area (Å²) in [5.74, 6) is 1.31. The summed E-state index contributed by atoms with van der Waals surface area (Å²) < 4.78 is 0. The van der Waals surface area contributed by atoms with E-state index in [2.05, 4.69) is 16.0 Å². The van der Waals surface area contributed by atoms with Gasteiger partial charge in [-0.05, 0) is 32.7 Å². The summed E-state index contributed by atoms with van der Waals surface area (Å²) >= 11 is 0. The lowest BCUT2D eigenvalue weighted by atomic mass is 10.0. The Bertz CT molecular complexity index is 405. The summed E-state index contributed by atoms with van der Waals surface area (Å²) in [6, 6.07) is -0.867. The molecule has 0 aliphatic carbocycles. The van der Waals surface area contributed by atoms with Crippen LogP contribution in [0.4, 0.5) is 0 Å². The number of carbonyl (C=O) groups is 2. The fraction of sp³-hybridized carbons (Fsp3) is 0.778. The average molecular weight is 359 g/mol. The second-order valence-corrected chi connectivity index (χ2v) is 5.27. The number of carbonyl (C=O) groups excluding carboxylic acids is 3. The molecule has 0 aromatic heterocycles. The molecule has 0 aromatic carbocycles. The van der Waals surface area contributed by atoms with Crippen molar-refractivity contribution in [3.8, 4) is 0 Å². The normalized spacial score (nSPS) is 11.6. The molecule has 2 atom stereocenters. The molecule has 0 rings (SSSR count). The maximum atomic E-state index is 12.1. The van der Waals surface area contributed by atoms with Gasteiger partial charge >= 0.3 is 0 Å². The zero-order chi connectivity index (χ0) is 20.4. The second kappa shape index (κ2) is 18.5. The summed E-state index contributed by atoms with van der Waals surface area (Å²) in [5.41, 5.74) is 5.26. The molecule has 0 fully saturated rings. The van der Waals surface area contributed by atoms with Gasteiger partial charge in [-0.2, -0.15) is 0 Å². The molecular formula is C18H38N4O3. The first kappa shape index (κ1) is 28.0.